The minimum Gasteiger partial charge on any atom is -0.385 e. The third kappa shape index (κ3) is 10.0. The van der Waals surface area contributed by atoms with Crippen molar-refractivity contribution in [3.05, 3.63) is 114 Å². The van der Waals surface area contributed by atoms with Gasteiger partial charge in [0.15, 0.2) is 5.03 Å². The van der Waals surface area contributed by atoms with E-state index in [2.05, 4.69) is 13.7 Å². The first kappa shape index (κ1) is 52.1. The minimum atomic E-state index is -3.74. The van der Waals surface area contributed by atoms with E-state index in [0.717, 1.165) is 68.6 Å². The molecule has 2 amide bonds. The van der Waals surface area contributed by atoms with Crippen LogP contribution in [0.4, 0.5) is 11.4 Å². The molecule has 0 aliphatic carbocycles. The number of nitrogens with zero attached hydrogens (tertiary/aromatic N) is 8. The zero-order chi connectivity index (χ0) is 52.6. The number of carbonyl (C=O) groups excluding carboxylic acids is 4. The number of piperidine rings is 2. The van der Waals surface area contributed by atoms with E-state index in [4.69, 9.17) is 9.47 Å². The van der Waals surface area contributed by atoms with Crippen molar-refractivity contribution < 1.29 is 45.5 Å². The lowest BCUT2D eigenvalue weighted by Gasteiger charge is -2.30. The molecular formula is C54H58N8O10S3. The van der Waals surface area contributed by atoms with E-state index in [1.807, 2.05) is 60.7 Å². The second-order valence-electron chi connectivity index (χ2n) is 19.5. The Kier molecular flexibility index (Phi) is 15.1. The molecule has 0 unspecified atom stereocenters. The second-order valence-corrected chi connectivity index (χ2v) is 23.8. The van der Waals surface area contributed by atoms with Crippen molar-refractivity contribution in [2.24, 2.45) is 18.9 Å². The topological polar surface area (TPSA) is 212 Å². The zero-order valence-corrected chi connectivity index (χ0v) is 44.5. The van der Waals surface area contributed by atoms with E-state index in [1.165, 1.54) is 21.1 Å². The van der Waals surface area contributed by atoms with E-state index in [9.17, 15) is 36.0 Å². The quantitative estimate of drug-likeness (QED) is 0.0807. The summed E-state index contributed by atoms with van der Waals surface area (Å²) in [5.41, 5.74) is 5.84. The molecule has 5 aromatic carbocycles. The maximum absolute atomic E-state index is 13.4. The number of methoxy groups -OCH3 is 2. The molecule has 0 atom stereocenters. The molecule has 0 bridgehead atoms. The molecular weight excluding hydrogens is 1020 g/mol. The van der Waals surface area contributed by atoms with Gasteiger partial charge in [0.1, 0.15) is 27.5 Å². The molecule has 4 aliphatic heterocycles. The van der Waals surface area contributed by atoms with Gasteiger partial charge in [-0.2, -0.15) is 17.4 Å². The molecule has 0 saturated carbocycles. The van der Waals surface area contributed by atoms with Gasteiger partial charge in [-0.15, -0.1) is 0 Å². The Morgan fingerprint density at radius 1 is 0.640 bits per heavy atom. The van der Waals surface area contributed by atoms with Crippen LogP contribution in [0.5, 0.6) is 0 Å². The second kappa shape index (κ2) is 21.7. The maximum atomic E-state index is 13.4. The average molecular weight is 1080 g/mol. The van der Waals surface area contributed by atoms with Crippen LogP contribution < -0.4 is 9.80 Å². The van der Waals surface area contributed by atoms with Gasteiger partial charge in [-0.25, -0.2) is 21.8 Å². The van der Waals surface area contributed by atoms with Crippen molar-refractivity contribution in [3.8, 4) is 0 Å². The highest BCUT2D eigenvalue weighted by molar-refractivity contribution is 7.89. The number of benzene rings is 5. The Balaban J connectivity index is 0.000000172. The summed E-state index contributed by atoms with van der Waals surface area (Å²) in [5.74, 6) is -0.255. The summed E-state index contributed by atoms with van der Waals surface area (Å²) in [5, 5.41) is 3.69. The minimum absolute atomic E-state index is 0.0170. The highest BCUT2D eigenvalue weighted by Crippen LogP contribution is 2.41. The number of rotatable bonds is 18. The van der Waals surface area contributed by atoms with Crippen molar-refractivity contribution in [1.29, 1.82) is 0 Å². The number of hydrogen-bond donors (Lipinski definition) is 0. The lowest BCUT2D eigenvalue weighted by atomic mass is 9.88. The van der Waals surface area contributed by atoms with Crippen LogP contribution in [0.25, 0.3) is 32.6 Å². The number of aromatic nitrogens is 4. The molecule has 0 N–H and O–H groups in total. The van der Waals surface area contributed by atoms with Crippen LogP contribution in [-0.4, -0.2) is 134 Å². The van der Waals surface area contributed by atoms with Crippen molar-refractivity contribution in [3.63, 3.8) is 0 Å². The lowest BCUT2D eigenvalue weighted by molar-refractivity contribution is -0.124. The zero-order valence-electron chi connectivity index (χ0n) is 42.0. The Morgan fingerprint density at radius 3 is 1.61 bits per heavy atom. The molecule has 21 heteroatoms. The molecule has 2 aromatic heterocycles. The van der Waals surface area contributed by atoms with Gasteiger partial charge in [0.2, 0.25) is 10.0 Å². The fourth-order valence-electron chi connectivity index (χ4n) is 11.0. The normalized spacial score (nSPS) is 16.7. The average Bonchev–Trinajstić information content (AvgIpc) is 4.23. The Hall–Kier alpha value is -6.33. The number of aryl methyl sites for hydroxylation is 1. The van der Waals surface area contributed by atoms with Gasteiger partial charge >= 0.3 is 0 Å². The number of ether oxygens (including phenoxy) is 2. The van der Waals surface area contributed by atoms with E-state index in [0.29, 0.717) is 87.2 Å². The number of Topliss-reactive ketones (excluding diaryl/α,β-unsaturated/α-hetero) is 2. The number of ketones is 2. The Labute approximate surface area is 439 Å². The Bertz CT molecular complexity index is 3580. The molecule has 2 saturated heterocycles. The summed E-state index contributed by atoms with van der Waals surface area (Å²) in [4.78, 5) is 60.5. The first-order valence-corrected chi connectivity index (χ1v) is 28.8. The van der Waals surface area contributed by atoms with Gasteiger partial charge in [-0.05, 0) is 96.8 Å². The number of sulfonamides is 2. The fraction of sp³-hybridized carbons (Fsp3) is 0.389. The van der Waals surface area contributed by atoms with Crippen molar-refractivity contribution >= 4 is 99.1 Å². The van der Waals surface area contributed by atoms with Gasteiger partial charge in [0.05, 0.1) is 29.4 Å². The highest BCUT2D eigenvalue weighted by Gasteiger charge is 2.37. The molecule has 75 heavy (non-hydrogen) atoms. The van der Waals surface area contributed by atoms with E-state index >= 15 is 0 Å². The summed E-state index contributed by atoms with van der Waals surface area (Å²) >= 11 is 0.992. The van der Waals surface area contributed by atoms with Gasteiger partial charge in [-0.1, -0.05) is 42.5 Å². The fourth-order valence-corrected chi connectivity index (χ4v) is 14.6. The first-order valence-electron chi connectivity index (χ1n) is 25.2. The molecule has 2 fully saturated rings. The van der Waals surface area contributed by atoms with E-state index < -0.39 is 20.0 Å². The van der Waals surface area contributed by atoms with Crippen LogP contribution in [0.15, 0.2) is 101 Å². The number of hydrogen-bond acceptors (Lipinski definition) is 14. The highest BCUT2D eigenvalue weighted by atomic mass is 32.2. The third-order valence-electron chi connectivity index (χ3n) is 14.9. The van der Waals surface area contributed by atoms with Crippen LogP contribution in [0.1, 0.15) is 70.4 Å². The molecule has 7 aromatic rings. The summed E-state index contributed by atoms with van der Waals surface area (Å²) in [6, 6.07) is 24.1. The molecule has 4 aliphatic rings. The predicted octanol–water partition coefficient (Wildman–Crippen LogP) is 6.84. The van der Waals surface area contributed by atoms with Gasteiger partial charge in [-0.3, -0.25) is 19.2 Å². The smallest absolute Gasteiger partial charge is 0.262 e. The largest absolute Gasteiger partial charge is 0.385 e. The number of imidazole rings is 1. The van der Waals surface area contributed by atoms with Crippen LogP contribution in [0.2, 0.25) is 0 Å². The molecule has 392 valence electrons. The van der Waals surface area contributed by atoms with E-state index in [-0.39, 0.29) is 71.1 Å². The van der Waals surface area contributed by atoms with Crippen LogP contribution in [0, 0.1) is 11.8 Å². The standard InChI is InChI=1S/C28H28N4O5S2.C26H30N4O5S/c1-37-16-4-13-32-23-10-9-19(20-5-2-6-21(26(20)23)28(32)34)17-24(33)18-11-14-31(15-12-18)39(35,36)25-8-3-7-22-27(25)30-38-29-22;1-28-16-24(27-17-28)36(33,34)29-12-9-18(10-13-29)23(31)15-19-7-8-22-25-20(19)5-3-6-21(25)26(32)30(22)11-4-14-35-2/h2-3,5-10,18H,4,11-17H2,1H3;3,5-8,16-18H,4,9-15H2,1-2H3. The van der Waals surface area contributed by atoms with Gasteiger partial charge in [0, 0.05) is 127 Å². The van der Waals surface area contributed by atoms with Crippen molar-refractivity contribution in [1.82, 2.24) is 26.9 Å². The maximum Gasteiger partial charge on any atom is 0.262 e. The van der Waals surface area contributed by atoms with Crippen molar-refractivity contribution in [2.45, 2.75) is 61.3 Å². The number of amides is 2. The number of fused-ring (bicyclic) bond motifs is 1. The van der Waals surface area contributed by atoms with Crippen LogP contribution in [-0.2, 0) is 59.0 Å². The SMILES string of the molecule is COCCCN1C(=O)c2cccc3c(CC(=O)C4CCN(S(=O)(=O)c5cccc6nsnc56)CC4)ccc1c23.COCCCN1C(=O)c2cccc3c(CC(=O)C4CCN(S(=O)(=O)c5cn(C)cn5)CC4)ccc1c23. The number of carbonyl (C=O) groups is 4. The van der Waals surface area contributed by atoms with Crippen LogP contribution in [0.3, 0.4) is 0 Å². The van der Waals surface area contributed by atoms with E-state index in [1.54, 1.807) is 53.8 Å². The number of anilines is 2. The Morgan fingerprint density at radius 2 is 1.13 bits per heavy atom. The lowest BCUT2D eigenvalue weighted by Crippen LogP contribution is -2.40. The first-order chi connectivity index (χ1) is 36.2. The summed E-state index contributed by atoms with van der Waals surface area (Å²) in [6.45, 7) is 3.46. The summed E-state index contributed by atoms with van der Waals surface area (Å²) in [7, 11) is -2.37. The molecule has 18 nitrogen and oxygen atoms in total. The van der Waals surface area contributed by atoms with Crippen molar-refractivity contribution in [2.75, 3.05) is 76.5 Å². The molecule has 6 heterocycles. The van der Waals surface area contributed by atoms with Gasteiger partial charge < -0.3 is 23.8 Å². The summed E-state index contributed by atoms with van der Waals surface area (Å²) < 4.78 is 75.5. The summed E-state index contributed by atoms with van der Waals surface area (Å²) in [6.07, 6.45) is 6.85. The van der Waals surface area contributed by atoms with Gasteiger partial charge in [0.25, 0.3) is 21.8 Å². The molecule has 0 radical (unpaired) electrons. The van der Waals surface area contributed by atoms with Crippen LogP contribution >= 0.6 is 11.7 Å². The predicted molar refractivity (Wildman–Crippen MR) is 285 cm³/mol. The molecule has 11 rings (SSSR count). The monoisotopic (exact) mass is 1070 g/mol. The third-order valence-corrected chi connectivity index (χ3v) is 19.2. The molecule has 0 spiro atoms.